The highest BCUT2D eigenvalue weighted by molar-refractivity contribution is 8.00. The fourth-order valence-corrected chi connectivity index (χ4v) is 5.57. The summed E-state index contributed by atoms with van der Waals surface area (Å²) in [7, 11) is 0. The molecule has 1 aliphatic carbocycles. The Morgan fingerprint density at radius 1 is 1.22 bits per heavy atom. The van der Waals surface area contributed by atoms with E-state index in [4.69, 9.17) is 0 Å². The summed E-state index contributed by atoms with van der Waals surface area (Å²) < 4.78 is 37.8. The van der Waals surface area contributed by atoms with Crippen molar-refractivity contribution in [3.63, 3.8) is 0 Å². The predicted octanol–water partition coefficient (Wildman–Crippen LogP) is 4.18. The standard InChI is InChI=1S/C17H21F3N2S/c18-17(19,20)15-4-2-13(8-21-15)12-1-3-14(7-12)22-6-5-16(9-22)10-23-11-16/h2,4,8,12,14H,1,3,5-7,9-11H2. The fraction of sp³-hybridized carbons (Fsp3) is 0.706. The molecule has 0 radical (unpaired) electrons. The fourth-order valence-electron chi connectivity index (χ4n) is 4.31. The first-order valence-corrected chi connectivity index (χ1v) is 9.46. The van der Waals surface area contributed by atoms with E-state index in [1.165, 1.54) is 37.2 Å². The Hall–Kier alpha value is -0.750. The Morgan fingerprint density at radius 3 is 2.61 bits per heavy atom. The predicted molar refractivity (Wildman–Crippen MR) is 85.6 cm³/mol. The van der Waals surface area contributed by atoms with Gasteiger partial charge < -0.3 is 0 Å². The number of hydrogen-bond donors (Lipinski definition) is 0. The van der Waals surface area contributed by atoms with Gasteiger partial charge in [0, 0.05) is 35.7 Å². The molecule has 0 bridgehead atoms. The van der Waals surface area contributed by atoms with Crippen LogP contribution in [0.25, 0.3) is 0 Å². The van der Waals surface area contributed by atoms with Crippen LogP contribution in [-0.4, -0.2) is 40.5 Å². The third kappa shape index (κ3) is 3.00. The van der Waals surface area contributed by atoms with Crippen LogP contribution < -0.4 is 0 Å². The van der Waals surface area contributed by atoms with Gasteiger partial charge in [-0.15, -0.1) is 0 Å². The monoisotopic (exact) mass is 342 g/mol. The number of thioether (sulfide) groups is 1. The number of hydrogen-bond acceptors (Lipinski definition) is 3. The molecule has 2 nitrogen and oxygen atoms in total. The van der Waals surface area contributed by atoms with Crippen LogP contribution in [-0.2, 0) is 6.18 Å². The van der Waals surface area contributed by atoms with Crippen LogP contribution in [0.2, 0.25) is 0 Å². The number of nitrogens with zero attached hydrogens (tertiary/aromatic N) is 2. The Kier molecular flexibility index (Phi) is 3.88. The van der Waals surface area contributed by atoms with Crippen LogP contribution in [0.15, 0.2) is 18.3 Å². The van der Waals surface area contributed by atoms with Crippen LogP contribution in [0, 0.1) is 5.41 Å². The van der Waals surface area contributed by atoms with Crippen molar-refractivity contribution >= 4 is 11.8 Å². The van der Waals surface area contributed by atoms with Crippen molar-refractivity contribution in [3.8, 4) is 0 Å². The molecule has 2 saturated heterocycles. The number of likely N-dealkylation sites (tertiary alicyclic amines) is 1. The lowest BCUT2D eigenvalue weighted by atomic mass is 9.91. The summed E-state index contributed by atoms with van der Waals surface area (Å²) in [6.45, 7) is 2.42. The summed E-state index contributed by atoms with van der Waals surface area (Å²) in [6, 6.07) is 3.35. The van der Waals surface area contributed by atoms with Gasteiger partial charge in [-0.25, -0.2) is 0 Å². The molecule has 4 rings (SSSR count). The van der Waals surface area contributed by atoms with E-state index in [2.05, 4.69) is 21.6 Å². The maximum atomic E-state index is 12.6. The van der Waals surface area contributed by atoms with Gasteiger partial charge in [0.1, 0.15) is 5.69 Å². The third-order valence-corrected chi connectivity index (χ3v) is 7.39. The van der Waals surface area contributed by atoms with Crippen LogP contribution in [0.5, 0.6) is 0 Å². The maximum absolute atomic E-state index is 12.6. The Morgan fingerprint density at radius 2 is 2.04 bits per heavy atom. The molecule has 1 spiro atoms. The van der Waals surface area contributed by atoms with Gasteiger partial charge in [-0.1, -0.05) is 6.07 Å². The second kappa shape index (κ2) is 5.66. The quantitative estimate of drug-likeness (QED) is 0.802. The van der Waals surface area contributed by atoms with Gasteiger partial charge in [-0.05, 0) is 49.8 Å². The highest BCUT2D eigenvalue weighted by atomic mass is 32.2. The first-order chi connectivity index (χ1) is 11.0. The molecule has 1 aromatic rings. The van der Waals surface area contributed by atoms with E-state index in [1.807, 2.05) is 0 Å². The van der Waals surface area contributed by atoms with Gasteiger partial charge in [0.15, 0.2) is 0 Å². The number of alkyl halides is 3. The molecule has 0 N–H and O–H groups in total. The molecular weight excluding hydrogens is 321 g/mol. The number of halogens is 3. The van der Waals surface area contributed by atoms with E-state index in [9.17, 15) is 13.2 Å². The molecule has 3 heterocycles. The zero-order chi connectivity index (χ0) is 16.1. The molecule has 0 amide bonds. The van der Waals surface area contributed by atoms with Crippen molar-refractivity contribution in [1.82, 2.24) is 9.88 Å². The van der Waals surface area contributed by atoms with Crippen LogP contribution in [0.1, 0.15) is 42.9 Å². The smallest absolute Gasteiger partial charge is 0.300 e. The van der Waals surface area contributed by atoms with Gasteiger partial charge in [-0.2, -0.15) is 24.9 Å². The minimum atomic E-state index is -4.35. The number of pyridine rings is 1. The summed E-state index contributed by atoms with van der Waals surface area (Å²) in [5.41, 5.74) is 0.756. The highest BCUT2D eigenvalue weighted by Crippen LogP contribution is 2.48. The minimum absolute atomic E-state index is 0.363. The molecule has 3 fully saturated rings. The van der Waals surface area contributed by atoms with Crippen molar-refractivity contribution in [3.05, 3.63) is 29.6 Å². The van der Waals surface area contributed by atoms with Gasteiger partial charge in [0.2, 0.25) is 0 Å². The second-order valence-electron chi connectivity index (χ2n) is 7.35. The van der Waals surface area contributed by atoms with Gasteiger partial charge >= 0.3 is 6.18 Å². The Labute approximate surface area is 138 Å². The lowest BCUT2D eigenvalue weighted by Gasteiger charge is -2.38. The SMILES string of the molecule is FC(F)(F)c1ccc(C2CCC(N3CCC4(CSC4)C3)C2)cn1. The van der Waals surface area contributed by atoms with Crippen molar-refractivity contribution in [1.29, 1.82) is 0 Å². The molecule has 23 heavy (non-hydrogen) atoms. The van der Waals surface area contributed by atoms with Crippen LogP contribution >= 0.6 is 11.8 Å². The van der Waals surface area contributed by atoms with E-state index in [0.717, 1.165) is 30.9 Å². The Bertz CT molecular complexity index is 568. The average Bonchev–Trinajstić information content (AvgIpc) is 3.13. The number of aromatic nitrogens is 1. The number of rotatable bonds is 2. The van der Waals surface area contributed by atoms with Crippen molar-refractivity contribution in [2.75, 3.05) is 24.6 Å². The largest absolute Gasteiger partial charge is 0.433 e. The molecule has 1 aromatic heterocycles. The summed E-state index contributed by atoms with van der Waals surface area (Å²) in [4.78, 5) is 6.26. The molecule has 126 valence electrons. The summed E-state index contributed by atoms with van der Waals surface area (Å²) >= 11 is 2.05. The van der Waals surface area contributed by atoms with Crippen LogP contribution in [0.3, 0.4) is 0 Å². The van der Waals surface area contributed by atoms with E-state index in [-0.39, 0.29) is 0 Å². The first kappa shape index (κ1) is 15.8. The molecule has 0 aromatic carbocycles. The molecule has 1 saturated carbocycles. The molecule has 2 atom stereocenters. The van der Waals surface area contributed by atoms with E-state index >= 15 is 0 Å². The van der Waals surface area contributed by atoms with Gasteiger partial charge in [0.25, 0.3) is 0 Å². The van der Waals surface area contributed by atoms with Gasteiger partial charge in [0.05, 0.1) is 0 Å². The second-order valence-corrected chi connectivity index (χ2v) is 8.34. The minimum Gasteiger partial charge on any atom is -0.300 e. The lowest BCUT2D eigenvalue weighted by molar-refractivity contribution is -0.141. The van der Waals surface area contributed by atoms with Crippen molar-refractivity contribution in [2.45, 2.75) is 43.8 Å². The van der Waals surface area contributed by atoms with Crippen LogP contribution in [0.4, 0.5) is 13.2 Å². The molecule has 2 aliphatic heterocycles. The molecule has 6 heteroatoms. The topological polar surface area (TPSA) is 16.1 Å². The highest BCUT2D eigenvalue weighted by Gasteiger charge is 2.46. The zero-order valence-corrected chi connectivity index (χ0v) is 13.8. The van der Waals surface area contributed by atoms with E-state index in [1.54, 1.807) is 6.07 Å². The third-order valence-electron chi connectivity index (χ3n) is 5.75. The van der Waals surface area contributed by atoms with Crippen molar-refractivity contribution < 1.29 is 13.2 Å². The molecule has 3 aliphatic rings. The van der Waals surface area contributed by atoms with Gasteiger partial charge in [-0.3, -0.25) is 9.88 Å². The Balaban J connectivity index is 1.38. The molecular formula is C17H21F3N2S. The summed E-state index contributed by atoms with van der Waals surface area (Å²) in [6.07, 6.45) is 1.70. The zero-order valence-electron chi connectivity index (χ0n) is 13.0. The summed E-state index contributed by atoms with van der Waals surface area (Å²) in [5, 5.41) is 0. The van der Waals surface area contributed by atoms with E-state index < -0.39 is 11.9 Å². The molecule has 2 unspecified atom stereocenters. The normalized spacial score (nSPS) is 30.7. The average molecular weight is 342 g/mol. The first-order valence-electron chi connectivity index (χ1n) is 8.30. The van der Waals surface area contributed by atoms with Crippen molar-refractivity contribution in [2.24, 2.45) is 5.41 Å². The summed E-state index contributed by atoms with van der Waals surface area (Å²) in [5.74, 6) is 2.98. The lowest BCUT2D eigenvalue weighted by Crippen LogP contribution is -2.40. The van der Waals surface area contributed by atoms with E-state index in [0.29, 0.717) is 17.4 Å². The maximum Gasteiger partial charge on any atom is 0.433 e.